The lowest BCUT2D eigenvalue weighted by atomic mass is 9.70. The van der Waals surface area contributed by atoms with E-state index in [-0.39, 0.29) is 41.4 Å². The zero-order valence-electron chi connectivity index (χ0n) is 23.7. The van der Waals surface area contributed by atoms with Crippen molar-refractivity contribution in [2.75, 3.05) is 26.2 Å². The van der Waals surface area contributed by atoms with Crippen LogP contribution in [0.2, 0.25) is 0 Å². The van der Waals surface area contributed by atoms with E-state index in [4.69, 9.17) is 0 Å². The number of aromatic nitrogens is 2. The van der Waals surface area contributed by atoms with E-state index in [0.29, 0.717) is 37.3 Å². The van der Waals surface area contributed by atoms with Gasteiger partial charge in [0.25, 0.3) is 5.91 Å². The average Bonchev–Trinajstić information content (AvgIpc) is 3.25. The van der Waals surface area contributed by atoms with Gasteiger partial charge in [-0.15, -0.1) is 0 Å². The SMILES string of the molecule is C[C@H](NC(=O)[C@@H]1CN(C(=O)c2cnn(Cc3ccccc3)c2)CC12CN(C(=O)[C@H]1CC1(C)C)C2)c1cccc(F)c1. The van der Waals surface area contributed by atoms with Crippen LogP contribution in [-0.2, 0) is 16.1 Å². The third kappa shape index (κ3) is 5.25. The summed E-state index contributed by atoms with van der Waals surface area (Å²) in [5.74, 6) is -1.05. The maximum atomic E-state index is 13.8. The number of likely N-dealkylation sites (tertiary alicyclic amines) is 2. The molecule has 9 heteroatoms. The zero-order valence-corrected chi connectivity index (χ0v) is 23.7. The van der Waals surface area contributed by atoms with Crippen molar-refractivity contribution in [2.24, 2.45) is 22.7 Å². The molecule has 1 saturated carbocycles. The third-order valence-electron chi connectivity index (χ3n) is 9.16. The molecular weight excluding hydrogens is 521 g/mol. The minimum atomic E-state index is -0.518. The maximum Gasteiger partial charge on any atom is 0.257 e. The fourth-order valence-corrected chi connectivity index (χ4v) is 6.47. The van der Waals surface area contributed by atoms with Crippen molar-refractivity contribution in [3.8, 4) is 0 Å². The Morgan fingerprint density at radius 2 is 1.73 bits per heavy atom. The molecule has 3 fully saturated rings. The molecule has 2 aliphatic heterocycles. The van der Waals surface area contributed by atoms with Gasteiger partial charge >= 0.3 is 0 Å². The minimum Gasteiger partial charge on any atom is -0.349 e. The van der Waals surface area contributed by atoms with Gasteiger partial charge in [0.1, 0.15) is 5.82 Å². The van der Waals surface area contributed by atoms with Crippen LogP contribution in [0, 0.1) is 28.5 Å². The molecule has 214 valence electrons. The smallest absolute Gasteiger partial charge is 0.257 e. The number of benzene rings is 2. The minimum absolute atomic E-state index is 0.0224. The van der Waals surface area contributed by atoms with Gasteiger partial charge in [-0.2, -0.15) is 5.10 Å². The highest BCUT2D eigenvalue weighted by Gasteiger charge is 2.61. The highest BCUT2D eigenvalue weighted by atomic mass is 19.1. The van der Waals surface area contributed by atoms with Gasteiger partial charge in [0.2, 0.25) is 11.8 Å². The van der Waals surface area contributed by atoms with Crippen LogP contribution in [0.4, 0.5) is 4.39 Å². The fourth-order valence-electron chi connectivity index (χ4n) is 6.47. The molecule has 1 spiro atoms. The van der Waals surface area contributed by atoms with Gasteiger partial charge in [0, 0.05) is 43.7 Å². The lowest BCUT2D eigenvalue weighted by Crippen LogP contribution is -2.64. The Bertz CT molecular complexity index is 1480. The molecule has 3 atom stereocenters. The summed E-state index contributed by atoms with van der Waals surface area (Å²) >= 11 is 0. The monoisotopic (exact) mass is 557 g/mol. The molecular formula is C32H36FN5O3. The molecule has 1 N–H and O–H groups in total. The number of nitrogens with zero attached hydrogens (tertiary/aromatic N) is 4. The summed E-state index contributed by atoms with van der Waals surface area (Å²) in [7, 11) is 0. The van der Waals surface area contributed by atoms with Gasteiger partial charge in [-0.3, -0.25) is 19.1 Å². The number of amides is 3. The first-order valence-corrected chi connectivity index (χ1v) is 14.2. The van der Waals surface area contributed by atoms with E-state index < -0.39 is 17.4 Å². The maximum absolute atomic E-state index is 13.8. The summed E-state index contributed by atoms with van der Waals surface area (Å²) < 4.78 is 15.6. The second kappa shape index (κ2) is 10.1. The molecule has 3 heterocycles. The molecule has 0 bridgehead atoms. The molecule has 1 aromatic heterocycles. The van der Waals surface area contributed by atoms with Crippen molar-refractivity contribution in [1.29, 1.82) is 0 Å². The molecule has 2 saturated heterocycles. The van der Waals surface area contributed by atoms with Crippen LogP contribution in [0.5, 0.6) is 0 Å². The van der Waals surface area contributed by atoms with Gasteiger partial charge in [0.15, 0.2) is 0 Å². The highest BCUT2D eigenvalue weighted by Crippen LogP contribution is 2.54. The van der Waals surface area contributed by atoms with Crippen molar-refractivity contribution in [1.82, 2.24) is 24.9 Å². The van der Waals surface area contributed by atoms with E-state index in [1.54, 1.807) is 34.1 Å². The number of carbonyl (C=O) groups is 3. The Kier molecular flexibility index (Phi) is 6.71. The third-order valence-corrected chi connectivity index (χ3v) is 9.16. The Morgan fingerprint density at radius 3 is 2.41 bits per heavy atom. The molecule has 8 nitrogen and oxygen atoms in total. The number of halogens is 1. The van der Waals surface area contributed by atoms with E-state index >= 15 is 0 Å². The molecule has 3 aliphatic rings. The molecule has 41 heavy (non-hydrogen) atoms. The first-order valence-electron chi connectivity index (χ1n) is 14.2. The van der Waals surface area contributed by atoms with Crippen molar-refractivity contribution < 1.29 is 18.8 Å². The normalized spacial score (nSPS) is 22.7. The van der Waals surface area contributed by atoms with Crippen LogP contribution in [0.3, 0.4) is 0 Å². The summed E-state index contributed by atoms with van der Waals surface area (Å²) in [4.78, 5) is 44.0. The first kappa shape index (κ1) is 27.2. The number of hydrogen-bond acceptors (Lipinski definition) is 4. The Labute approximate surface area is 239 Å². The second-order valence-electron chi connectivity index (χ2n) is 12.7. The summed E-state index contributed by atoms with van der Waals surface area (Å²) in [5.41, 5.74) is 1.73. The van der Waals surface area contributed by atoms with Gasteiger partial charge in [-0.05, 0) is 42.0 Å². The quantitative estimate of drug-likeness (QED) is 0.478. The van der Waals surface area contributed by atoms with Crippen LogP contribution in [0.25, 0.3) is 0 Å². The Morgan fingerprint density at radius 1 is 1.02 bits per heavy atom. The van der Waals surface area contributed by atoms with Crippen LogP contribution < -0.4 is 5.32 Å². The van der Waals surface area contributed by atoms with Crippen molar-refractivity contribution in [3.05, 3.63) is 89.5 Å². The number of hydrogen-bond donors (Lipinski definition) is 1. The lowest BCUT2D eigenvalue weighted by Gasteiger charge is -2.50. The van der Waals surface area contributed by atoms with Gasteiger partial charge in [0.05, 0.1) is 30.3 Å². The molecule has 2 aromatic carbocycles. The Balaban J connectivity index is 1.18. The van der Waals surface area contributed by atoms with E-state index in [1.165, 1.54) is 12.1 Å². The van der Waals surface area contributed by atoms with E-state index in [9.17, 15) is 18.8 Å². The summed E-state index contributed by atoms with van der Waals surface area (Å²) in [6, 6.07) is 15.7. The van der Waals surface area contributed by atoms with Crippen molar-refractivity contribution >= 4 is 17.7 Å². The van der Waals surface area contributed by atoms with E-state index in [1.807, 2.05) is 42.2 Å². The molecule has 3 amide bonds. The molecule has 0 unspecified atom stereocenters. The Hall–Kier alpha value is -4.01. The predicted molar refractivity (Wildman–Crippen MR) is 151 cm³/mol. The molecule has 1 aliphatic carbocycles. The largest absolute Gasteiger partial charge is 0.349 e. The van der Waals surface area contributed by atoms with Gasteiger partial charge in [-0.25, -0.2) is 4.39 Å². The van der Waals surface area contributed by atoms with Crippen molar-refractivity contribution in [3.63, 3.8) is 0 Å². The summed E-state index contributed by atoms with van der Waals surface area (Å²) in [6.45, 7) is 8.11. The lowest BCUT2D eigenvalue weighted by molar-refractivity contribution is -0.151. The predicted octanol–water partition coefficient (Wildman–Crippen LogP) is 3.89. The topological polar surface area (TPSA) is 87.5 Å². The number of carbonyl (C=O) groups excluding carboxylic acids is 3. The first-order chi connectivity index (χ1) is 19.5. The molecule has 3 aromatic rings. The summed E-state index contributed by atoms with van der Waals surface area (Å²) in [5, 5.41) is 7.44. The van der Waals surface area contributed by atoms with E-state index in [0.717, 1.165) is 12.0 Å². The van der Waals surface area contributed by atoms with Crippen molar-refractivity contribution in [2.45, 2.75) is 39.8 Å². The second-order valence-corrected chi connectivity index (χ2v) is 12.7. The number of nitrogens with one attached hydrogen (secondary N) is 1. The van der Waals surface area contributed by atoms with Crippen LogP contribution in [-0.4, -0.2) is 63.5 Å². The van der Waals surface area contributed by atoms with Crippen LogP contribution in [0.1, 0.15) is 54.7 Å². The summed E-state index contributed by atoms with van der Waals surface area (Å²) in [6.07, 6.45) is 4.19. The van der Waals surface area contributed by atoms with Gasteiger partial charge < -0.3 is 15.1 Å². The van der Waals surface area contributed by atoms with Crippen LogP contribution in [0.15, 0.2) is 67.0 Å². The fraction of sp³-hybridized carbons (Fsp3) is 0.438. The van der Waals surface area contributed by atoms with Crippen LogP contribution >= 0.6 is 0 Å². The van der Waals surface area contributed by atoms with E-state index in [2.05, 4.69) is 24.3 Å². The molecule has 6 rings (SSSR count). The molecule has 0 radical (unpaired) electrons. The average molecular weight is 558 g/mol. The standard InChI is InChI=1S/C32H36FN5O3/c1-21(23-10-7-11-25(33)12-23)35-28(39)27-17-36(18-32(27)19-37(20-32)30(41)26-13-31(26,2)3)29(40)24-14-34-38(16-24)15-22-8-5-4-6-9-22/h4-12,14,16,21,26-27H,13,15,17-20H2,1-3H3,(H,35,39)/t21-,26+,27-/m0/s1. The number of rotatable bonds is 7. The van der Waals surface area contributed by atoms with Gasteiger partial charge in [-0.1, -0.05) is 56.3 Å². The zero-order chi connectivity index (χ0) is 28.9. The highest BCUT2D eigenvalue weighted by molar-refractivity contribution is 5.95.